The van der Waals surface area contributed by atoms with E-state index in [1.165, 1.54) is 24.2 Å². The Labute approximate surface area is 138 Å². The number of nitrogens with one attached hydrogen (secondary N) is 3. The quantitative estimate of drug-likeness (QED) is 0.752. The average Bonchev–Trinajstić information content (AvgIpc) is 2.56. The molecule has 0 aliphatic carbocycles. The molecule has 1 aromatic carbocycles. The highest BCUT2D eigenvalue weighted by Gasteiger charge is 2.26. The molecule has 1 aliphatic heterocycles. The summed E-state index contributed by atoms with van der Waals surface area (Å²) < 4.78 is 0. The number of carbonyl (C=O) groups excluding carboxylic acids is 2. The number of rotatable bonds is 5. The van der Waals surface area contributed by atoms with E-state index in [1.807, 2.05) is 39.0 Å². The third kappa shape index (κ3) is 4.79. The van der Waals surface area contributed by atoms with Gasteiger partial charge in [0.05, 0.1) is 19.6 Å². The summed E-state index contributed by atoms with van der Waals surface area (Å²) in [5, 5.41) is 5.66. The fourth-order valence-electron chi connectivity index (χ4n) is 3.14. The molecule has 0 radical (unpaired) electrons. The minimum absolute atomic E-state index is 0.0181. The fraction of sp³-hybridized carbons (Fsp3) is 0.556. The average molecular weight is 318 g/mol. The third-order valence-electron chi connectivity index (χ3n) is 4.67. The van der Waals surface area contributed by atoms with Crippen LogP contribution in [0.3, 0.4) is 0 Å². The zero-order valence-corrected chi connectivity index (χ0v) is 14.4. The Balaban J connectivity index is 1.82. The van der Waals surface area contributed by atoms with Gasteiger partial charge < -0.3 is 15.5 Å². The number of carbonyl (C=O) groups is 2. The van der Waals surface area contributed by atoms with E-state index in [-0.39, 0.29) is 24.4 Å². The van der Waals surface area contributed by atoms with E-state index >= 15 is 0 Å². The van der Waals surface area contributed by atoms with Crippen molar-refractivity contribution in [1.29, 1.82) is 0 Å². The van der Waals surface area contributed by atoms with Gasteiger partial charge in [-0.1, -0.05) is 18.2 Å². The van der Waals surface area contributed by atoms with Gasteiger partial charge >= 0.3 is 0 Å². The molecule has 126 valence electrons. The molecule has 1 saturated heterocycles. The monoisotopic (exact) mass is 318 g/mol. The first-order valence-electron chi connectivity index (χ1n) is 8.47. The second kappa shape index (κ2) is 8.11. The molecular formula is C18H28N3O2+. The van der Waals surface area contributed by atoms with Gasteiger partial charge in [-0.05, 0) is 51.2 Å². The molecule has 1 atom stereocenters. The van der Waals surface area contributed by atoms with Crippen molar-refractivity contribution >= 4 is 17.5 Å². The van der Waals surface area contributed by atoms with Gasteiger partial charge in [0.15, 0.2) is 6.04 Å². The van der Waals surface area contributed by atoms with Crippen molar-refractivity contribution in [1.82, 2.24) is 5.32 Å². The second-order valence-electron chi connectivity index (χ2n) is 6.47. The molecular weight excluding hydrogens is 290 g/mol. The van der Waals surface area contributed by atoms with E-state index in [9.17, 15) is 9.59 Å². The van der Waals surface area contributed by atoms with Crippen LogP contribution in [0.1, 0.15) is 37.3 Å². The van der Waals surface area contributed by atoms with Crippen molar-refractivity contribution < 1.29 is 14.5 Å². The topological polar surface area (TPSA) is 62.6 Å². The Hall–Kier alpha value is -1.88. The summed E-state index contributed by atoms with van der Waals surface area (Å²) in [5.41, 5.74) is 2.88. The van der Waals surface area contributed by atoms with Crippen LogP contribution in [0.5, 0.6) is 0 Å². The number of quaternary nitrogens is 1. The number of para-hydroxylation sites is 1. The molecule has 3 N–H and O–H groups in total. The van der Waals surface area contributed by atoms with E-state index in [0.29, 0.717) is 0 Å². The Kier molecular flexibility index (Phi) is 6.16. The molecule has 0 bridgehead atoms. The highest BCUT2D eigenvalue weighted by atomic mass is 16.2. The number of anilines is 1. The van der Waals surface area contributed by atoms with Crippen LogP contribution in [-0.4, -0.2) is 37.5 Å². The molecule has 1 fully saturated rings. The zero-order valence-electron chi connectivity index (χ0n) is 14.4. The number of piperidine rings is 1. The lowest BCUT2D eigenvalue weighted by atomic mass is 10.1. The standard InChI is InChI=1S/C18H27N3O2/c1-13-8-7-9-14(2)17(13)20-16(22)12-19-18(23)15(3)21-10-5-4-6-11-21/h7-9,15H,4-6,10-12H2,1-3H3,(H,19,23)(H,20,22)/p+1/t15-/m1/s1. The molecule has 0 spiro atoms. The maximum atomic E-state index is 12.2. The second-order valence-corrected chi connectivity index (χ2v) is 6.47. The molecule has 0 aromatic heterocycles. The summed E-state index contributed by atoms with van der Waals surface area (Å²) in [7, 11) is 0. The summed E-state index contributed by atoms with van der Waals surface area (Å²) >= 11 is 0. The molecule has 2 amide bonds. The van der Waals surface area contributed by atoms with Crippen LogP contribution in [0, 0.1) is 13.8 Å². The Bertz CT molecular complexity index is 545. The molecule has 2 rings (SSSR count). The maximum Gasteiger partial charge on any atom is 0.278 e. The van der Waals surface area contributed by atoms with Crippen LogP contribution in [-0.2, 0) is 9.59 Å². The predicted molar refractivity (Wildman–Crippen MR) is 91.6 cm³/mol. The van der Waals surface area contributed by atoms with Gasteiger partial charge in [0.1, 0.15) is 0 Å². The van der Waals surface area contributed by atoms with Gasteiger partial charge in [0, 0.05) is 5.69 Å². The zero-order chi connectivity index (χ0) is 16.8. The van der Waals surface area contributed by atoms with Crippen molar-refractivity contribution in [2.45, 2.75) is 46.1 Å². The predicted octanol–water partition coefficient (Wildman–Crippen LogP) is 0.815. The van der Waals surface area contributed by atoms with E-state index in [4.69, 9.17) is 0 Å². The van der Waals surface area contributed by atoms with Crippen LogP contribution in [0.25, 0.3) is 0 Å². The van der Waals surface area contributed by atoms with Crippen LogP contribution < -0.4 is 15.5 Å². The Morgan fingerprint density at radius 1 is 1.13 bits per heavy atom. The van der Waals surface area contributed by atoms with E-state index in [1.54, 1.807) is 0 Å². The Morgan fingerprint density at radius 3 is 2.35 bits per heavy atom. The van der Waals surface area contributed by atoms with E-state index in [2.05, 4.69) is 10.6 Å². The first kappa shape index (κ1) is 17.5. The van der Waals surface area contributed by atoms with E-state index in [0.717, 1.165) is 29.9 Å². The van der Waals surface area contributed by atoms with Crippen LogP contribution in [0.2, 0.25) is 0 Å². The van der Waals surface area contributed by atoms with Crippen LogP contribution in [0.15, 0.2) is 18.2 Å². The SMILES string of the molecule is Cc1cccc(C)c1NC(=O)CNC(=O)[C@@H](C)[NH+]1CCCCC1. The molecule has 0 saturated carbocycles. The van der Waals surface area contributed by atoms with Crippen molar-refractivity contribution in [2.24, 2.45) is 0 Å². The van der Waals surface area contributed by atoms with Crippen molar-refractivity contribution in [2.75, 3.05) is 25.0 Å². The molecule has 1 heterocycles. The summed E-state index contributed by atoms with van der Waals surface area (Å²) in [5.74, 6) is -0.227. The van der Waals surface area contributed by atoms with Crippen LogP contribution in [0.4, 0.5) is 5.69 Å². The fourth-order valence-corrected chi connectivity index (χ4v) is 3.14. The molecule has 5 nitrogen and oxygen atoms in total. The number of aryl methyl sites for hydroxylation is 2. The van der Waals surface area contributed by atoms with Gasteiger partial charge in [0.25, 0.3) is 5.91 Å². The lowest BCUT2D eigenvalue weighted by molar-refractivity contribution is -0.918. The number of likely N-dealkylation sites (tertiary alicyclic amines) is 1. The maximum absolute atomic E-state index is 12.2. The lowest BCUT2D eigenvalue weighted by Gasteiger charge is -2.28. The van der Waals surface area contributed by atoms with Gasteiger partial charge in [0.2, 0.25) is 5.91 Å². The number of amides is 2. The summed E-state index contributed by atoms with van der Waals surface area (Å²) in [4.78, 5) is 25.6. The van der Waals surface area contributed by atoms with Crippen molar-refractivity contribution in [3.63, 3.8) is 0 Å². The first-order chi connectivity index (χ1) is 11.0. The molecule has 0 unspecified atom stereocenters. The molecule has 1 aromatic rings. The number of hydrogen-bond donors (Lipinski definition) is 3. The van der Waals surface area contributed by atoms with Gasteiger partial charge in [-0.15, -0.1) is 0 Å². The lowest BCUT2D eigenvalue weighted by Crippen LogP contribution is -3.17. The summed E-state index contributed by atoms with van der Waals surface area (Å²) in [6.45, 7) is 7.97. The normalized spacial score (nSPS) is 16.7. The summed E-state index contributed by atoms with van der Waals surface area (Å²) in [6, 6.07) is 5.79. The minimum Gasteiger partial charge on any atom is -0.342 e. The number of hydrogen-bond acceptors (Lipinski definition) is 2. The highest BCUT2D eigenvalue weighted by molar-refractivity contribution is 5.96. The largest absolute Gasteiger partial charge is 0.342 e. The van der Waals surface area contributed by atoms with Crippen molar-refractivity contribution in [3.05, 3.63) is 29.3 Å². The van der Waals surface area contributed by atoms with Gasteiger partial charge in [-0.3, -0.25) is 9.59 Å². The molecule has 1 aliphatic rings. The Morgan fingerprint density at radius 2 is 1.74 bits per heavy atom. The number of benzene rings is 1. The highest BCUT2D eigenvalue weighted by Crippen LogP contribution is 2.18. The van der Waals surface area contributed by atoms with E-state index < -0.39 is 0 Å². The molecule has 23 heavy (non-hydrogen) atoms. The smallest absolute Gasteiger partial charge is 0.278 e. The van der Waals surface area contributed by atoms with Crippen LogP contribution >= 0.6 is 0 Å². The minimum atomic E-state index is -0.184. The van der Waals surface area contributed by atoms with Crippen molar-refractivity contribution in [3.8, 4) is 0 Å². The van der Waals surface area contributed by atoms with Gasteiger partial charge in [-0.2, -0.15) is 0 Å². The summed E-state index contributed by atoms with van der Waals surface area (Å²) in [6.07, 6.45) is 3.62. The first-order valence-corrected chi connectivity index (χ1v) is 8.47. The third-order valence-corrected chi connectivity index (χ3v) is 4.67. The molecule has 5 heteroatoms. The van der Waals surface area contributed by atoms with Gasteiger partial charge in [-0.25, -0.2) is 0 Å².